The molecule has 0 unspecified atom stereocenters. The van der Waals surface area contributed by atoms with Crippen molar-refractivity contribution in [2.24, 2.45) is 0 Å². The quantitative estimate of drug-likeness (QED) is 0.184. The monoisotopic (exact) mass is 627 g/mol. The number of nitrogens with zero attached hydrogens (tertiary/aromatic N) is 5. The normalized spacial score (nSPS) is 12.1. The molecule has 0 aliphatic heterocycles. The van der Waals surface area contributed by atoms with Gasteiger partial charge in [0.2, 0.25) is 5.78 Å². The zero-order valence-corrected chi connectivity index (χ0v) is 26.7. The van der Waals surface area contributed by atoms with Crippen LogP contribution in [0.2, 0.25) is 0 Å². The lowest BCUT2D eigenvalue weighted by molar-refractivity contribution is -0.287. The lowest BCUT2D eigenvalue weighted by Gasteiger charge is -2.28. The summed E-state index contributed by atoms with van der Waals surface area (Å²) in [5.41, 5.74) is -0.0673. The molecule has 0 radical (unpaired) electrons. The molecule has 0 saturated carbocycles. The summed E-state index contributed by atoms with van der Waals surface area (Å²) < 4.78 is 110. The summed E-state index contributed by atoms with van der Waals surface area (Å²) >= 11 is 0. The van der Waals surface area contributed by atoms with Crippen LogP contribution in [0.3, 0.4) is 0 Å². The number of halogens is 8. The van der Waals surface area contributed by atoms with Crippen molar-refractivity contribution in [1.29, 1.82) is 0 Å². The maximum atomic E-state index is 14.0. The molecule has 0 aromatic carbocycles. The highest BCUT2D eigenvalue weighted by atomic mass is 19.4. The van der Waals surface area contributed by atoms with Gasteiger partial charge in [0.05, 0.1) is 17.8 Å². The van der Waals surface area contributed by atoms with Gasteiger partial charge in [-0.2, -0.15) is 35.1 Å². The molecule has 0 spiro atoms. The maximum absolute atomic E-state index is 14.0. The number of hydrogen-bond acceptors (Lipinski definition) is 3. The van der Waals surface area contributed by atoms with Crippen molar-refractivity contribution in [3.05, 3.63) is 47.4 Å². The van der Waals surface area contributed by atoms with Gasteiger partial charge in [-0.25, -0.2) is 9.97 Å². The summed E-state index contributed by atoms with van der Waals surface area (Å²) in [6, 6.07) is 2.98. The molecule has 13 heteroatoms. The molecule has 246 valence electrons. The Morgan fingerprint density at radius 1 is 0.953 bits per heavy atom. The van der Waals surface area contributed by atoms with Crippen LogP contribution in [0.1, 0.15) is 93.5 Å². The molecule has 3 aromatic heterocycles. The molecule has 0 aliphatic carbocycles. The van der Waals surface area contributed by atoms with Crippen LogP contribution in [0, 0.1) is 0 Å². The fraction of sp³-hybridized carbons (Fsp3) is 0.600. The van der Waals surface area contributed by atoms with Crippen LogP contribution in [-0.2, 0) is 12.7 Å². The van der Waals surface area contributed by atoms with Gasteiger partial charge in [0.15, 0.2) is 11.3 Å². The van der Waals surface area contributed by atoms with Crippen LogP contribution in [0.5, 0.6) is 0 Å². The summed E-state index contributed by atoms with van der Waals surface area (Å²) in [6.45, 7) is 16.0. The molecule has 0 fully saturated rings. The molecule has 3 aromatic rings. The van der Waals surface area contributed by atoms with Crippen molar-refractivity contribution in [1.82, 2.24) is 23.8 Å². The number of aromatic nitrogens is 4. The van der Waals surface area contributed by atoms with E-state index in [0.717, 1.165) is 16.4 Å². The van der Waals surface area contributed by atoms with Gasteiger partial charge in [0.25, 0.3) is 0 Å². The minimum Gasteiger partial charge on any atom is -0.291 e. The van der Waals surface area contributed by atoms with E-state index in [2.05, 4.69) is 29.0 Å². The third kappa shape index (κ3) is 10.0. The van der Waals surface area contributed by atoms with E-state index in [9.17, 15) is 35.1 Å². The molecule has 0 saturated heterocycles. The third-order valence-corrected chi connectivity index (χ3v) is 5.92. The predicted molar refractivity (Wildman–Crippen MR) is 158 cm³/mol. The fourth-order valence-electron chi connectivity index (χ4n) is 3.93. The number of pyridine rings is 1. The van der Waals surface area contributed by atoms with E-state index in [-0.39, 0.29) is 29.9 Å². The molecular weight excluding hydrogens is 582 g/mol. The van der Waals surface area contributed by atoms with Gasteiger partial charge in [-0.3, -0.25) is 13.9 Å². The van der Waals surface area contributed by atoms with Crippen LogP contribution < -0.4 is 0 Å². The van der Waals surface area contributed by atoms with Crippen LogP contribution in [0.15, 0.2) is 36.1 Å². The Morgan fingerprint density at radius 3 is 1.95 bits per heavy atom. The summed E-state index contributed by atoms with van der Waals surface area (Å²) in [5, 5.41) is 0. The Morgan fingerprint density at radius 2 is 1.53 bits per heavy atom. The molecule has 3 rings (SSSR count). The minimum atomic E-state index is -5.83. The minimum absolute atomic E-state index is 0.150. The number of rotatable bonds is 8. The Labute approximate surface area is 249 Å². The predicted octanol–water partition coefficient (Wildman–Crippen LogP) is 10.4. The van der Waals surface area contributed by atoms with E-state index in [0.29, 0.717) is 10.6 Å². The molecule has 43 heavy (non-hydrogen) atoms. The molecule has 5 nitrogen and oxygen atoms in total. The second kappa shape index (κ2) is 17.4. The van der Waals surface area contributed by atoms with E-state index < -0.39 is 42.8 Å². The highest BCUT2D eigenvalue weighted by Gasteiger charge is 2.58. The molecule has 0 N–H and O–H groups in total. The van der Waals surface area contributed by atoms with Gasteiger partial charge in [-0.1, -0.05) is 59.3 Å². The van der Waals surface area contributed by atoms with Crippen molar-refractivity contribution in [2.45, 2.75) is 107 Å². The van der Waals surface area contributed by atoms with Crippen LogP contribution in [0.4, 0.5) is 35.1 Å². The smallest absolute Gasteiger partial charge is 0.291 e. The van der Waals surface area contributed by atoms with Crippen molar-refractivity contribution in [3.63, 3.8) is 0 Å². The molecule has 0 bridgehead atoms. The Kier molecular flexibility index (Phi) is 16.2. The lowest BCUT2D eigenvalue weighted by Crippen LogP contribution is -2.47. The van der Waals surface area contributed by atoms with Crippen molar-refractivity contribution in [3.8, 4) is 0 Å². The van der Waals surface area contributed by atoms with Crippen molar-refractivity contribution in [2.75, 3.05) is 13.1 Å². The number of alkyl halides is 8. The highest BCUT2D eigenvalue weighted by molar-refractivity contribution is 5.83. The second-order valence-electron chi connectivity index (χ2n) is 9.20. The topological polar surface area (TPSA) is 38.4 Å². The summed E-state index contributed by atoms with van der Waals surface area (Å²) in [6.07, 6.45) is -3.87. The number of fused-ring (bicyclic) bond motifs is 3. The third-order valence-electron chi connectivity index (χ3n) is 5.92. The summed E-state index contributed by atoms with van der Waals surface area (Å²) in [4.78, 5) is 8.68. The van der Waals surface area contributed by atoms with Crippen LogP contribution in [-0.4, -0.2) is 49.0 Å². The van der Waals surface area contributed by atoms with Gasteiger partial charge in [0, 0.05) is 18.4 Å². The van der Waals surface area contributed by atoms with Gasteiger partial charge >= 0.3 is 18.3 Å². The lowest BCUT2D eigenvalue weighted by atomic mass is 10.2. The first-order chi connectivity index (χ1) is 20.0. The van der Waals surface area contributed by atoms with E-state index in [1.807, 2.05) is 34.6 Å². The zero-order valence-electron chi connectivity index (χ0n) is 26.7. The first kappa shape index (κ1) is 40.0. The molecule has 3 heterocycles. The molecule has 0 aliphatic rings. The van der Waals surface area contributed by atoms with Crippen LogP contribution in [0.25, 0.3) is 22.6 Å². The fourth-order valence-corrected chi connectivity index (χ4v) is 3.93. The maximum Gasteiger partial charge on any atom is 0.454 e. The van der Waals surface area contributed by atoms with Gasteiger partial charge in [0.1, 0.15) is 0 Å². The first-order valence-corrected chi connectivity index (χ1v) is 14.4. The van der Waals surface area contributed by atoms with Gasteiger partial charge < -0.3 is 0 Å². The van der Waals surface area contributed by atoms with Crippen molar-refractivity contribution < 1.29 is 35.1 Å². The zero-order chi connectivity index (χ0) is 33.8. The Balaban J connectivity index is 0.00000174. The first-order valence-electron chi connectivity index (χ1n) is 14.4. The average molecular weight is 628 g/mol. The molecular formula is C30H45F8N5. The number of imidazole rings is 2. The molecule has 0 atom stereocenters. The SMILES string of the molecule is C/C=C/CC.CC.CC.CCCN(Cc1c(C(F)(F)F)nc2n(C(C)=C(C)C)c3ncccc3n12)CC(F)(F)C(F)(F)F. The summed E-state index contributed by atoms with van der Waals surface area (Å²) in [5.74, 6) is -5.26. The molecule has 0 amide bonds. The van der Waals surface area contributed by atoms with E-state index >= 15 is 0 Å². The number of allylic oxidation sites excluding steroid dienone is 4. The number of hydrogen-bond donors (Lipinski definition) is 0. The van der Waals surface area contributed by atoms with E-state index in [1.165, 1.54) is 29.8 Å². The van der Waals surface area contributed by atoms with E-state index in [1.54, 1.807) is 20.8 Å². The Bertz CT molecular complexity index is 1310. The standard InChI is InChI=1S/C21H23F8N5.C5H10.2C2H6/c1-5-9-32(11-19(22,23)21(27,28)29)10-15-16(20(24,25)26)31-18-33(13(4)12(2)3)17-14(34(15)18)7-6-8-30-17;1-3-5-4-2;2*1-2/h6-8H,5,9-11H2,1-4H3;3,5H,4H2,1-2H3;2*1-2H3/b;5-3+;;. The summed E-state index contributed by atoms with van der Waals surface area (Å²) in [7, 11) is 0. The second-order valence-corrected chi connectivity index (χ2v) is 9.20. The average Bonchev–Trinajstić information content (AvgIpc) is 3.46. The van der Waals surface area contributed by atoms with Crippen LogP contribution >= 0.6 is 0 Å². The van der Waals surface area contributed by atoms with E-state index in [4.69, 9.17) is 0 Å². The Hall–Kier alpha value is -2.96. The van der Waals surface area contributed by atoms with Gasteiger partial charge in [-0.15, -0.1) is 0 Å². The highest BCUT2D eigenvalue weighted by Crippen LogP contribution is 2.38. The van der Waals surface area contributed by atoms with Gasteiger partial charge in [-0.05, 0) is 59.2 Å². The van der Waals surface area contributed by atoms with Crippen molar-refractivity contribution >= 4 is 22.6 Å². The largest absolute Gasteiger partial charge is 0.454 e.